The molecule has 0 aromatic carbocycles. The predicted octanol–water partition coefficient (Wildman–Crippen LogP) is -0.230. The van der Waals surface area contributed by atoms with Crippen LogP contribution in [-0.2, 0) is 9.59 Å². The van der Waals surface area contributed by atoms with Gasteiger partial charge in [-0.1, -0.05) is 6.07 Å². The number of urea groups is 1. The van der Waals surface area contributed by atoms with Crippen molar-refractivity contribution in [3.05, 3.63) is 30.1 Å². The van der Waals surface area contributed by atoms with Gasteiger partial charge in [-0.25, -0.2) is 9.59 Å². The lowest BCUT2D eigenvalue weighted by molar-refractivity contribution is -0.140. The molecule has 1 unspecified atom stereocenters. The number of carbonyl (C=O) groups excluding carboxylic acids is 2. The van der Waals surface area contributed by atoms with Gasteiger partial charge in [0.05, 0.1) is 12.5 Å². The maximum atomic E-state index is 11.7. The van der Waals surface area contributed by atoms with E-state index in [2.05, 4.69) is 15.6 Å². The van der Waals surface area contributed by atoms with Gasteiger partial charge >= 0.3 is 12.0 Å². The van der Waals surface area contributed by atoms with Crippen LogP contribution in [0.3, 0.4) is 0 Å². The number of rotatable bonds is 6. The van der Waals surface area contributed by atoms with E-state index in [1.807, 2.05) is 0 Å². The first-order valence-electron chi connectivity index (χ1n) is 5.88. The summed E-state index contributed by atoms with van der Waals surface area (Å²) in [5.74, 6) is -2.13. The molecular weight excluding hydrogens is 264 g/mol. The van der Waals surface area contributed by atoms with Crippen molar-refractivity contribution >= 4 is 17.9 Å². The molecule has 0 aliphatic carbocycles. The van der Waals surface area contributed by atoms with Crippen LogP contribution in [0.25, 0.3) is 0 Å². The third-order valence-corrected chi connectivity index (χ3v) is 2.54. The van der Waals surface area contributed by atoms with E-state index in [4.69, 9.17) is 10.8 Å². The minimum absolute atomic E-state index is 0.355. The van der Waals surface area contributed by atoms with Crippen LogP contribution < -0.4 is 16.4 Å². The summed E-state index contributed by atoms with van der Waals surface area (Å²) < 4.78 is 0. The van der Waals surface area contributed by atoms with Gasteiger partial charge in [0.2, 0.25) is 5.91 Å². The van der Waals surface area contributed by atoms with Crippen molar-refractivity contribution in [1.82, 2.24) is 15.6 Å². The molecule has 1 aromatic rings. The fraction of sp³-hybridized carbons (Fsp3) is 0.333. The number of aromatic nitrogens is 1. The van der Waals surface area contributed by atoms with Crippen LogP contribution in [0.15, 0.2) is 24.5 Å². The topological polar surface area (TPSA) is 134 Å². The Morgan fingerprint density at radius 3 is 2.60 bits per heavy atom. The molecule has 5 N–H and O–H groups in total. The zero-order valence-corrected chi connectivity index (χ0v) is 10.9. The quantitative estimate of drug-likeness (QED) is 0.571. The van der Waals surface area contributed by atoms with Crippen molar-refractivity contribution in [3.63, 3.8) is 0 Å². The van der Waals surface area contributed by atoms with Crippen LogP contribution in [0.5, 0.6) is 0 Å². The number of nitrogens with one attached hydrogen (secondary N) is 2. The van der Waals surface area contributed by atoms with Gasteiger partial charge in [-0.15, -0.1) is 0 Å². The van der Waals surface area contributed by atoms with Gasteiger partial charge in [-0.05, 0) is 18.6 Å². The maximum absolute atomic E-state index is 11.7. The second kappa shape index (κ2) is 7.07. The molecule has 8 heteroatoms. The van der Waals surface area contributed by atoms with Crippen molar-refractivity contribution in [2.75, 3.05) is 0 Å². The number of primary amides is 1. The van der Waals surface area contributed by atoms with Gasteiger partial charge in [0, 0.05) is 12.4 Å². The van der Waals surface area contributed by atoms with E-state index in [9.17, 15) is 14.4 Å². The monoisotopic (exact) mass is 280 g/mol. The Labute approximate surface area is 115 Å². The summed E-state index contributed by atoms with van der Waals surface area (Å²) in [4.78, 5) is 37.2. The number of pyridine rings is 1. The van der Waals surface area contributed by atoms with Crippen LogP contribution in [0.2, 0.25) is 0 Å². The summed E-state index contributed by atoms with van der Waals surface area (Å²) in [6, 6.07) is 1.09. The van der Waals surface area contributed by atoms with Gasteiger partial charge in [-0.3, -0.25) is 9.78 Å². The van der Waals surface area contributed by atoms with Crippen LogP contribution in [0.4, 0.5) is 4.79 Å². The first-order chi connectivity index (χ1) is 9.40. The van der Waals surface area contributed by atoms with Gasteiger partial charge in [0.25, 0.3) is 0 Å². The van der Waals surface area contributed by atoms with Crippen molar-refractivity contribution in [3.8, 4) is 0 Å². The van der Waals surface area contributed by atoms with E-state index in [0.717, 1.165) is 5.56 Å². The van der Waals surface area contributed by atoms with Crippen LogP contribution >= 0.6 is 0 Å². The zero-order chi connectivity index (χ0) is 15.1. The molecule has 0 saturated heterocycles. The Kier molecular flexibility index (Phi) is 5.45. The minimum atomic E-state index is -1.35. The minimum Gasteiger partial charge on any atom is -0.480 e. The number of hydrogen-bond donors (Lipinski definition) is 4. The van der Waals surface area contributed by atoms with E-state index in [1.165, 1.54) is 0 Å². The summed E-state index contributed by atoms with van der Waals surface area (Å²) >= 11 is 0. The van der Waals surface area contributed by atoms with Gasteiger partial charge < -0.3 is 21.5 Å². The highest BCUT2D eigenvalue weighted by Crippen LogP contribution is 2.09. The molecule has 0 bridgehead atoms. The molecule has 0 spiro atoms. The Morgan fingerprint density at radius 1 is 1.40 bits per heavy atom. The molecule has 3 amide bonds. The fourth-order valence-electron chi connectivity index (χ4n) is 1.51. The molecule has 108 valence electrons. The lowest BCUT2D eigenvalue weighted by Gasteiger charge is -2.17. The normalized spacial score (nSPS) is 13.1. The summed E-state index contributed by atoms with van der Waals surface area (Å²) in [5.41, 5.74) is 5.68. The summed E-state index contributed by atoms with van der Waals surface area (Å²) in [6.07, 6.45) is 2.72. The Hall–Kier alpha value is -2.64. The van der Waals surface area contributed by atoms with Crippen LogP contribution in [0, 0.1) is 0 Å². The first-order valence-corrected chi connectivity index (χ1v) is 5.88. The standard InChI is InChI=1S/C12H16N4O4/c1-7(8-3-2-4-14-6-8)15-12(20)16-9(11(18)19)5-10(13)17/h2-4,6-7,9H,5H2,1H3,(H2,13,17)(H,18,19)(H2,15,16,20)/t7?,9-/m1/s1. The molecule has 0 aliphatic rings. The Morgan fingerprint density at radius 2 is 2.10 bits per heavy atom. The molecular formula is C12H16N4O4. The van der Waals surface area contributed by atoms with Crippen molar-refractivity contribution in [1.29, 1.82) is 0 Å². The third-order valence-electron chi connectivity index (χ3n) is 2.54. The van der Waals surface area contributed by atoms with E-state index in [1.54, 1.807) is 31.5 Å². The first kappa shape index (κ1) is 15.4. The van der Waals surface area contributed by atoms with Crippen LogP contribution in [0.1, 0.15) is 24.9 Å². The molecule has 2 atom stereocenters. The molecule has 1 heterocycles. The second-order valence-electron chi connectivity index (χ2n) is 4.19. The van der Waals surface area contributed by atoms with Crippen molar-refractivity contribution in [2.24, 2.45) is 5.73 Å². The van der Waals surface area contributed by atoms with Crippen LogP contribution in [-0.4, -0.2) is 34.0 Å². The number of nitrogens with two attached hydrogens (primary N) is 1. The molecule has 0 radical (unpaired) electrons. The Bertz CT molecular complexity index is 491. The second-order valence-corrected chi connectivity index (χ2v) is 4.19. The highest BCUT2D eigenvalue weighted by molar-refractivity contribution is 5.87. The highest BCUT2D eigenvalue weighted by Gasteiger charge is 2.22. The number of amides is 3. The fourth-order valence-corrected chi connectivity index (χ4v) is 1.51. The maximum Gasteiger partial charge on any atom is 0.326 e. The third kappa shape index (κ3) is 4.92. The SMILES string of the molecule is CC(NC(=O)N[C@H](CC(N)=O)C(=O)O)c1cccnc1. The largest absolute Gasteiger partial charge is 0.480 e. The average Bonchev–Trinajstić information content (AvgIpc) is 2.38. The molecule has 1 aromatic heterocycles. The number of nitrogens with zero attached hydrogens (tertiary/aromatic N) is 1. The van der Waals surface area contributed by atoms with Gasteiger partial charge in [0.1, 0.15) is 6.04 Å². The number of carbonyl (C=O) groups is 3. The molecule has 0 fully saturated rings. The Balaban J connectivity index is 2.57. The summed E-state index contributed by atoms with van der Waals surface area (Å²) in [5, 5.41) is 13.6. The van der Waals surface area contributed by atoms with Crippen molar-refractivity contribution < 1.29 is 19.5 Å². The molecule has 8 nitrogen and oxygen atoms in total. The highest BCUT2D eigenvalue weighted by atomic mass is 16.4. The van der Waals surface area contributed by atoms with Gasteiger partial charge in [-0.2, -0.15) is 0 Å². The summed E-state index contributed by atoms with van der Waals surface area (Å²) in [7, 11) is 0. The number of carboxylic acid groups (broad SMARTS) is 1. The van der Waals surface area contributed by atoms with E-state index >= 15 is 0 Å². The van der Waals surface area contributed by atoms with E-state index < -0.39 is 30.4 Å². The number of aliphatic carboxylic acids is 1. The lowest BCUT2D eigenvalue weighted by Crippen LogP contribution is -2.48. The molecule has 1 rings (SSSR count). The zero-order valence-electron chi connectivity index (χ0n) is 10.9. The number of carboxylic acids is 1. The average molecular weight is 280 g/mol. The smallest absolute Gasteiger partial charge is 0.326 e. The lowest BCUT2D eigenvalue weighted by atomic mass is 10.1. The molecule has 0 saturated carbocycles. The van der Waals surface area contributed by atoms with Gasteiger partial charge in [0.15, 0.2) is 0 Å². The van der Waals surface area contributed by atoms with Crippen molar-refractivity contribution in [2.45, 2.75) is 25.4 Å². The molecule has 0 aliphatic heterocycles. The summed E-state index contributed by atoms with van der Waals surface area (Å²) in [6.45, 7) is 1.72. The number of hydrogen-bond acceptors (Lipinski definition) is 4. The van der Waals surface area contributed by atoms with E-state index in [-0.39, 0.29) is 6.04 Å². The predicted molar refractivity (Wildman–Crippen MR) is 69.6 cm³/mol. The van der Waals surface area contributed by atoms with E-state index in [0.29, 0.717) is 0 Å². The molecule has 20 heavy (non-hydrogen) atoms.